The molecule has 0 amide bonds. The fourth-order valence-electron chi connectivity index (χ4n) is 3.50. The van der Waals surface area contributed by atoms with Gasteiger partial charge in [0.15, 0.2) is 11.5 Å². The van der Waals surface area contributed by atoms with Crippen LogP contribution in [0.15, 0.2) is 17.5 Å². The van der Waals surface area contributed by atoms with Gasteiger partial charge in [0.25, 0.3) is 0 Å². The first-order chi connectivity index (χ1) is 12.5. The van der Waals surface area contributed by atoms with E-state index in [1.807, 2.05) is 32.5 Å². The van der Waals surface area contributed by atoms with E-state index in [0.717, 1.165) is 46.2 Å². The van der Waals surface area contributed by atoms with Crippen molar-refractivity contribution in [1.82, 2.24) is 34.6 Å². The third kappa shape index (κ3) is 2.36. The molecule has 4 aromatic rings. The molecule has 8 heteroatoms. The van der Waals surface area contributed by atoms with E-state index in [-0.39, 0.29) is 0 Å². The van der Waals surface area contributed by atoms with Gasteiger partial charge < -0.3 is 0 Å². The average molecular weight is 365 g/mol. The smallest absolute Gasteiger partial charge is 0.180 e. The van der Waals surface area contributed by atoms with E-state index in [1.165, 1.54) is 5.01 Å². The lowest BCUT2D eigenvalue weighted by Gasteiger charge is -2.04. The average Bonchev–Trinajstić information content (AvgIpc) is 2.91. The summed E-state index contributed by atoms with van der Waals surface area (Å²) in [7, 11) is 1.98. The normalized spacial score (nSPS) is 19.4. The molecule has 1 aliphatic carbocycles. The Morgan fingerprint density at radius 1 is 1.08 bits per heavy atom. The molecular formula is C18H19N7S. The SMILES string of the molecule is Cc1csc([C@@H]2C[C@H]2c2cc(-c3cc(C)c4nnc(C)n4n3)n(C)n2)n1. The van der Waals surface area contributed by atoms with Crippen molar-refractivity contribution in [1.29, 1.82) is 0 Å². The first kappa shape index (κ1) is 15.6. The molecule has 0 spiro atoms. The Labute approximate surface area is 154 Å². The summed E-state index contributed by atoms with van der Waals surface area (Å²) in [4.78, 5) is 4.64. The van der Waals surface area contributed by atoms with Gasteiger partial charge in [-0.25, -0.2) is 4.98 Å². The predicted molar refractivity (Wildman–Crippen MR) is 99.4 cm³/mol. The minimum Gasteiger partial charge on any atom is -0.266 e. The number of aromatic nitrogens is 7. The van der Waals surface area contributed by atoms with Crippen molar-refractivity contribution in [2.75, 3.05) is 0 Å². The summed E-state index contributed by atoms with van der Waals surface area (Å²) < 4.78 is 3.72. The highest BCUT2D eigenvalue weighted by atomic mass is 32.1. The van der Waals surface area contributed by atoms with E-state index in [2.05, 4.69) is 32.7 Å². The van der Waals surface area contributed by atoms with Crippen LogP contribution in [0.25, 0.3) is 17.0 Å². The van der Waals surface area contributed by atoms with E-state index >= 15 is 0 Å². The Morgan fingerprint density at radius 3 is 2.69 bits per heavy atom. The van der Waals surface area contributed by atoms with Crippen LogP contribution in [-0.4, -0.2) is 34.6 Å². The monoisotopic (exact) mass is 365 g/mol. The first-order valence-electron chi connectivity index (χ1n) is 8.67. The first-order valence-corrected chi connectivity index (χ1v) is 9.55. The summed E-state index contributed by atoms with van der Waals surface area (Å²) in [6, 6.07) is 4.22. The summed E-state index contributed by atoms with van der Waals surface area (Å²) in [5.74, 6) is 1.75. The second kappa shape index (κ2) is 5.44. The van der Waals surface area contributed by atoms with Crippen molar-refractivity contribution in [3.8, 4) is 11.4 Å². The molecule has 1 saturated carbocycles. The highest BCUT2D eigenvalue weighted by Gasteiger charge is 2.43. The molecule has 1 aliphatic rings. The van der Waals surface area contributed by atoms with Crippen LogP contribution in [0.4, 0.5) is 0 Å². The van der Waals surface area contributed by atoms with Crippen molar-refractivity contribution >= 4 is 17.0 Å². The number of aryl methyl sites for hydroxylation is 4. The van der Waals surface area contributed by atoms with Crippen molar-refractivity contribution in [2.24, 2.45) is 7.05 Å². The fraction of sp³-hybridized carbons (Fsp3) is 0.389. The molecular weight excluding hydrogens is 346 g/mol. The molecule has 26 heavy (non-hydrogen) atoms. The minimum absolute atomic E-state index is 0.460. The number of thiazole rings is 1. The molecule has 0 unspecified atom stereocenters. The lowest BCUT2D eigenvalue weighted by Crippen LogP contribution is -2.02. The fourth-order valence-corrected chi connectivity index (χ4v) is 4.48. The maximum Gasteiger partial charge on any atom is 0.180 e. The second-order valence-electron chi connectivity index (χ2n) is 7.05. The zero-order chi connectivity index (χ0) is 18.0. The number of hydrogen-bond donors (Lipinski definition) is 0. The van der Waals surface area contributed by atoms with Crippen LogP contribution in [0.2, 0.25) is 0 Å². The maximum atomic E-state index is 4.76. The molecule has 4 aromatic heterocycles. The van der Waals surface area contributed by atoms with Gasteiger partial charge in [0.1, 0.15) is 5.69 Å². The highest BCUT2D eigenvalue weighted by molar-refractivity contribution is 7.09. The molecule has 1 fully saturated rings. The molecule has 132 valence electrons. The van der Waals surface area contributed by atoms with Gasteiger partial charge in [0, 0.05) is 30.0 Å². The van der Waals surface area contributed by atoms with Crippen LogP contribution in [-0.2, 0) is 7.05 Å². The van der Waals surface area contributed by atoms with E-state index in [9.17, 15) is 0 Å². The van der Waals surface area contributed by atoms with Crippen LogP contribution >= 0.6 is 11.3 Å². The molecule has 7 nitrogen and oxygen atoms in total. The lowest BCUT2D eigenvalue weighted by molar-refractivity contribution is 0.741. The van der Waals surface area contributed by atoms with Gasteiger partial charge in [-0.2, -0.15) is 14.7 Å². The van der Waals surface area contributed by atoms with Gasteiger partial charge in [0.05, 0.1) is 16.4 Å². The third-order valence-electron chi connectivity index (χ3n) is 5.00. The predicted octanol–water partition coefficient (Wildman–Crippen LogP) is 3.18. The molecule has 0 aromatic carbocycles. The Hall–Kier alpha value is -2.61. The van der Waals surface area contributed by atoms with Crippen LogP contribution < -0.4 is 0 Å². The van der Waals surface area contributed by atoms with E-state index in [4.69, 9.17) is 10.2 Å². The van der Waals surface area contributed by atoms with Crippen molar-refractivity contribution < 1.29 is 0 Å². The van der Waals surface area contributed by atoms with Crippen LogP contribution in [0, 0.1) is 20.8 Å². The third-order valence-corrected chi connectivity index (χ3v) is 6.09. The van der Waals surface area contributed by atoms with Gasteiger partial charge in [-0.15, -0.1) is 21.5 Å². The summed E-state index contributed by atoms with van der Waals surface area (Å²) >= 11 is 1.76. The number of fused-ring (bicyclic) bond motifs is 1. The Bertz CT molecular complexity index is 1140. The van der Waals surface area contributed by atoms with Crippen LogP contribution in [0.5, 0.6) is 0 Å². The van der Waals surface area contributed by atoms with Crippen molar-refractivity contribution in [2.45, 2.75) is 39.0 Å². The zero-order valence-corrected chi connectivity index (χ0v) is 15.9. The number of rotatable bonds is 3. The van der Waals surface area contributed by atoms with Gasteiger partial charge in [0.2, 0.25) is 0 Å². The summed E-state index contributed by atoms with van der Waals surface area (Å²) in [6.45, 7) is 6.00. The van der Waals surface area contributed by atoms with Gasteiger partial charge >= 0.3 is 0 Å². The van der Waals surface area contributed by atoms with E-state index < -0.39 is 0 Å². The number of nitrogens with zero attached hydrogens (tertiary/aromatic N) is 7. The molecule has 2 atom stereocenters. The molecule has 0 radical (unpaired) electrons. The lowest BCUT2D eigenvalue weighted by atomic mass is 10.2. The summed E-state index contributed by atoms with van der Waals surface area (Å²) in [5.41, 5.74) is 5.99. The van der Waals surface area contributed by atoms with E-state index in [1.54, 1.807) is 15.9 Å². The van der Waals surface area contributed by atoms with Gasteiger partial charge in [-0.1, -0.05) is 0 Å². The topological polar surface area (TPSA) is 73.8 Å². The Balaban J connectivity index is 1.51. The molecule has 0 aliphatic heterocycles. The van der Waals surface area contributed by atoms with Crippen LogP contribution in [0.3, 0.4) is 0 Å². The Kier molecular flexibility index (Phi) is 3.27. The zero-order valence-electron chi connectivity index (χ0n) is 15.1. The summed E-state index contributed by atoms with van der Waals surface area (Å²) in [6.07, 6.45) is 1.12. The molecule has 0 bridgehead atoms. The molecule has 0 saturated heterocycles. The molecule has 4 heterocycles. The Morgan fingerprint density at radius 2 is 1.92 bits per heavy atom. The highest BCUT2D eigenvalue weighted by Crippen LogP contribution is 2.55. The van der Waals surface area contributed by atoms with Gasteiger partial charge in [-0.3, -0.25) is 4.68 Å². The minimum atomic E-state index is 0.460. The molecule has 5 rings (SSSR count). The second-order valence-corrected chi connectivity index (χ2v) is 7.94. The number of hydrogen-bond acceptors (Lipinski definition) is 6. The van der Waals surface area contributed by atoms with Gasteiger partial charge in [-0.05, 0) is 44.9 Å². The van der Waals surface area contributed by atoms with Crippen LogP contribution in [0.1, 0.15) is 46.0 Å². The summed E-state index contributed by atoms with van der Waals surface area (Å²) in [5, 5.41) is 21.2. The molecule has 0 N–H and O–H groups in total. The standard InChI is InChI=1S/C18H19N7S/c1-9-5-15(23-25-11(3)20-21-17(9)25)16-7-14(22-24(16)4)12-6-13(12)18-19-10(2)8-26-18/h5,7-8,12-13H,6H2,1-4H3/t12-,13-/m1/s1. The van der Waals surface area contributed by atoms with Crippen molar-refractivity contribution in [3.05, 3.63) is 45.3 Å². The maximum absolute atomic E-state index is 4.76. The largest absolute Gasteiger partial charge is 0.266 e. The van der Waals surface area contributed by atoms with E-state index in [0.29, 0.717) is 11.8 Å². The van der Waals surface area contributed by atoms with Crippen molar-refractivity contribution in [3.63, 3.8) is 0 Å². The quantitative estimate of drug-likeness (QED) is 0.557.